The molecule has 0 spiro atoms. The monoisotopic (exact) mass is 418 g/mol. The molecule has 1 aliphatic heterocycles. The van der Waals surface area contributed by atoms with Crippen molar-refractivity contribution >= 4 is 23.2 Å². The fourth-order valence-corrected chi connectivity index (χ4v) is 4.20. The average molecular weight is 418 g/mol. The molecule has 0 saturated heterocycles. The number of nitrogens with one attached hydrogen (secondary N) is 2. The molecular weight excluding hydrogens is 396 g/mol. The number of carbonyl (C=O) groups is 2. The van der Waals surface area contributed by atoms with E-state index in [4.69, 9.17) is 0 Å². The van der Waals surface area contributed by atoms with Crippen molar-refractivity contribution in [2.45, 2.75) is 39.0 Å². The maximum atomic E-state index is 13.3. The molecule has 1 amide bonds. The van der Waals surface area contributed by atoms with E-state index in [2.05, 4.69) is 15.6 Å². The van der Waals surface area contributed by atoms with Gasteiger partial charge in [0.05, 0.1) is 4.92 Å². The highest BCUT2D eigenvalue weighted by molar-refractivity contribution is 6.09. The molecule has 8 nitrogen and oxygen atoms in total. The molecule has 8 heteroatoms. The fraction of sp³-hybridized carbons (Fsp3) is 0.261. The van der Waals surface area contributed by atoms with Crippen LogP contribution in [0.2, 0.25) is 0 Å². The molecule has 0 bridgehead atoms. The second kappa shape index (κ2) is 8.14. The summed E-state index contributed by atoms with van der Waals surface area (Å²) >= 11 is 0. The Morgan fingerprint density at radius 3 is 2.58 bits per heavy atom. The van der Waals surface area contributed by atoms with Crippen LogP contribution in [-0.2, 0) is 9.59 Å². The molecule has 2 heterocycles. The van der Waals surface area contributed by atoms with Gasteiger partial charge in [0.1, 0.15) is 5.82 Å². The van der Waals surface area contributed by atoms with Gasteiger partial charge in [0.25, 0.3) is 11.6 Å². The van der Waals surface area contributed by atoms with Crippen molar-refractivity contribution in [1.29, 1.82) is 0 Å². The Morgan fingerprint density at radius 2 is 1.90 bits per heavy atom. The number of nitro groups is 1. The number of dihydropyridines is 1. The number of benzene rings is 1. The molecule has 2 aromatic rings. The number of ketones is 1. The second-order valence-corrected chi connectivity index (χ2v) is 7.73. The molecule has 2 aliphatic rings. The van der Waals surface area contributed by atoms with Crippen LogP contribution in [0, 0.1) is 17.0 Å². The Kier molecular flexibility index (Phi) is 5.37. The van der Waals surface area contributed by atoms with Crippen LogP contribution < -0.4 is 10.6 Å². The number of nitrogens with zero attached hydrogens (tertiary/aromatic N) is 2. The van der Waals surface area contributed by atoms with E-state index >= 15 is 0 Å². The van der Waals surface area contributed by atoms with E-state index in [0.29, 0.717) is 34.6 Å². The first-order valence-electron chi connectivity index (χ1n) is 10.1. The van der Waals surface area contributed by atoms with Gasteiger partial charge in [-0.1, -0.05) is 18.2 Å². The maximum absolute atomic E-state index is 13.3. The SMILES string of the molecule is CC1=C(C(=O)Nc2cccc(C)n2)[C@@H](c2ccc([N+](=O)[O-])cc2)C2=C(CCCC2=O)N1. The Hall–Kier alpha value is -3.81. The number of nitro benzene ring substituents is 1. The molecule has 0 saturated carbocycles. The minimum atomic E-state index is -0.602. The summed E-state index contributed by atoms with van der Waals surface area (Å²) in [7, 11) is 0. The van der Waals surface area contributed by atoms with Gasteiger partial charge in [0, 0.05) is 52.7 Å². The first kappa shape index (κ1) is 20.5. The van der Waals surface area contributed by atoms with Crippen molar-refractivity contribution in [2.24, 2.45) is 0 Å². The summed E-state index contributed by atoms with van der Waals surface area (Å²) in [6.45, 7) is 3.64. The summed E-state index contributed by atoms with van der Waals surface area (Å²) in [5, 5.41) is 17.2. The quantitative estimate of drug-likeness (QED) is 0.575. The van der Waals surface area contributed by atoms with Crippen LogP contribution in [0.4, 0.5) is 11.5 Å². The number of hydrogen-bond acceptors (Lipinski definition) is 6. The maximum Gasteiger partial charge on any atom is 0.269 e. The topological polar surface area (TPSA) is 114 Å². The molecule has 0 radical (unpaired) electrons. The molecule has 4 rings (SSSR count). The molecule has 0 unspecified atom stereocenters. The number of aryl methyl sites for hydroxylation is 1. The van der Waals surface area contributed by atoms with E-state index in [1.807, 2.05) is 13.0 Å². The van der Waals surface area contributed by atoms with E-state index in [1.165, 1.54) is 12.1 Å². The van der Waals surface area contributed by atoms with Gasteiger partial charge in [-0.2, -0.15) is 0 Å². The Labute approximate surface area is 179 Å². The van der Waals surface area contributed by atoms with Crippen LogP contribution in [0.25, 0.3) is 0 Å². The first-order valence-corrected chi connectivity index (χ1v) is 10.1. The van der Waals surface area contributed by atoms with Crippen molar-refractivity contribution in [2.75, 3.05) is 5.32 Å². The van der Waals surface area contributed by atoms with Crippen molar-refractivity contribution < 1.29 is 14.5 Å². The molecular formula is C23H22N4O4. The highest BCUT2D eigenvalue weighted by Crippen LogP contribution is 2.42. The zero-order valence-electron chi connectivity index (χ0n) is 17.3. The third-order valence-corrected chi connectivity index (χ3v) is 5.59. The lowest BCUT2D eigenvalue weighted by molar-refractivity contribution is -0.384. The normalized spacial score (nSPS) is 18.4. The van der Waals surface area contributed by atoms with Crippen LogP contribution in [0.5, 0.6) is 0 Å². The summed E-state index contributed by atoms with van der Waals surface area (Å²) in [5.41, 5.74) is 3.84. The summed E-state index contributed by atoms with van der Waals surface area (Å²) < 4.78 is 0. The summed E-state index contributed by atoms with van der Waals surface area (Å²) in [6.07, 6.45) is 1.88. The lowest BCUT2D eigenvalue weighted by Gasteiger charge is -2.34. The minimum Gasteiger partial charge on any atom is -0.362 e. The lowest BCUT2D eigenvalue weighted by atomic mass is 9.75. The predicted octanol–water partition coefficient (Wildman–Crippen LogP) is 3.90. The third kappa shape index (κ3) is 3.96. The van der Waals surface area contributed by atoms with Crippen LogP contribution in [0.15, 0.2) is 65.0 Å². The molecule has 0 fully saturated rings. The molecule has 158 valence electrons. The van der Waals surface area contributed by atoms with Crippen LogP contribution in [-0.4, -0.2) is 21.6 Å². The standard InChI is InChI=1S/C23H22N4O4/c1-13-5-3-8-19(24-13)26-23(29)20-14(2)25-17-6-4-7-18(28)22(17)21(20)15-9-11-16(12-10-15)27(30)31/h3,5,8-12,21,25H,4,6-7H2,1-2H3,(H,24,26,29)/t21-/m1/s1. The van der Waals surface area contributed by atoms with Gasteiger partial charge in [-0.15, -0.1) is 0 Å². The third-order valence-electron chi connectivity index (χ3n) is 5.59. The average Bonchev–Trinajstić information content (AvgIpc) is 2.73. The molecule has 31 heavy (non-hydrogen) atoms. The Morgan fingerprint density at radius 1 is 1.16 bits per heavy atom. The minimum absolute atomic E-state index is 0.0106. The van der Waals surface area contributed by atoms with E-state index in [0.717, 1.165) is 24.2 Å². The van der Waals surface area contributed by atoms with Crippen LogP contribution in [0.1, 0.15) is 43.4 Å². The highest BCUT2D eigenvalue weighted by atomic mass is 16.6. The van der Waals surface area contributed by atoms with Crippen molar-refractivity contribution in [3.63, 3.8) is 0 Å². The second-order valence-electron chi connectivity index (χ2n) is 7.73. The zero-order chi connectivity index (χ0) is 22.1. The van der Waals surface area contributed by atoms with Gasteiger partial charge in [-0.3, -0.25) is 19.7 Å². The van der Waals surface area contributed by atoms with E-state index in [1.54, 1.807) is 31.2 Å². The number of amides is 1. The van der Waals surface area contributed by atoms with E-state index in [9.17, 15) is 19.7 Å². The molecule has 2 N–H and O–H groups in total. The Bertz CT molecular complexity index is 1150. The smallest absolute Gasteiger partial charge is 0.269 e. The highest BCUT2D eigenvalue weighted by Gasteiger charge is 2.38. The largest absolute Gasteiger partial charge is 0.362 e. The van der Waals surface area contributed by atoms with E-state index in [-0.39, 0.29) is 17.4 Å². The van der Waals surface area contributed by atoms with Crippen molar-refractivity contribution in [3.05, 3.63) is 86.4 Å². The first-order chi connectivity index (χ1) is 14.8. The molecule has 1 aliphatic carbocycles. The van der Waals surface area contributed by atoms with Crippen molar-refractivity contribution in [1.82, 2.24) is 10.3 Å². The van der Waals surface area contributed by atoms with Gasteiger partial charge in [-0.05, 0) is 44.4 Å². The zero-order valence-corrected chi connectivity index (χ0v) is 17.3. The number of carbonyl (C=O) groups excluding carboxylic acids is 2. The summed E-state index contributed by atoms with van der Waals surface area (Å²) in [4.78, 5) is 41.2. The number of Topliss-reactive ketones (excluding diaryl/α,β-unsaturated/α-hetero) is 1. The number of rotatable bonds is 4. The number of anilines is 1. The van der Waals surface area contributed by atoms with Gasteiger partial charge in [0.15, 0.2) is 5.78 Å². The van der Waals surface area contributed by atoms with Crippen molar-refractivity contribution in [3.8, 4) is 0 Å². The summed E-state index contributed by atoms with van der Waals surface area (Å²) in [5.74, 6) is -0.558. The molecule has 1 atom stereocenters. The molecule has 1 aromatic heterocycles. The van der Waals surface area contributed by atoms with E-state index < -0.39 is 10.8 Å². The number of non-ortho nitro benzene ring substituents is 1. The predicted molar refractivity (Wildman–Crippen MR) is 115 cm³/mol. The number of allylic oxidation sites excluding steroid dienone is 3. The fourth-order valence-electron chi connectivity index (χ4n) is 4.20. The van der Waals surface area contributed by atoms with Gasteiger partial charge in [0.2, 0.25) is 0 Å². The molecule has 1 aromatic carbocycles. The summed E-state index contributed by atoms with van der Waals surface area (Å²) in [6, 6.07) is 11.4. The number of pyridine rings is 1. The van der Waals surface area contributed by atoms with Gasteiger partial charge in [-0.25, -0.2) is 4.98 Å². The van der Waals surface area contributed by atoms with Crippen LogP contribution in [0.3, 0.4) is 0 Å². The lowest BCUT2D eigenvalue weighted by Crippen LogP contribution is -2.35. The number of hydrogen-bond donors (Lipinski definition) is 2. The van der Waals surface area contributed by atoms with Gasteiger partial charge >= 0.3 is 0 Å². The number of aromatic nitrogens is 1. The van der Waals surface area contributed by atoms with Crippen LogP contribution >= 0.6 is 0 Å². The Balaban J connectivity index is 1.78. The van der Waals surface area contributed by atoms with Gasteiger partial charge < -0.3 is 10.6 Å².